The first-order valence-corrected chi connectivity index (χ1v) is 9.62. The quantitative estimate of drug-likeness (QED) is 0.663. The van der Waals surface area contributed by atoms with E-state index in [4.69, 9.17) is 0 Å². The standard InChI is InChI=1S/C17H19BrN4O2S/c18-15-7-6-14(25-15)16(23)20-21-17(24)19-10-12-8-9-22(11-12)13-4-2-1-3-5-13/h1-7,12H,8-11H2,(H,20,23)(H2,19,21,24). The van der Waals surface area contributed by atoms with Crippen LogP contribution in [0.5, 0.6) is 0 Å². The number of hydrazine groups is 1. The Hall–Kier alpha value is -2.06. The summed E-state index contributed by atoms with van der Waals surface area (Å²) in [5.74, 6) is 0.0666. The van der Waals surface area contributed by atoms with Crippen molar-refractivity contribution < 1.29 is 9.59 Å². The summed E-state index contributed by atoms with van der Waals surface area (Å²) in [6, 6.07) is 13.3. The smallest absolute Gasteiger partial charge is 0.333 e. The number of para-hydroxylation sites is 1. The fraction of sp³-hybridized carbons (Fsp3) is 0.294. The van der Waals surface area contributed by atoms with Crippen molar-refractivity contribution in [1.82, 2.24) is 16.2 Å². The van der Waals surface area contributed by atoms with E-state index < -0.39 is 6.03 Å². The van der Waals surface area contributed by atoms with Gasteiger partial charge in [0.05, 0.1) is 8.66 Å². The molecule has 0 spiro atoms. The fourth-order valence-corrected chi connectivity index (χ4v) is 4.05. The highest BCUT2D eigenvalue weighted by Gasteiger charge is 2.23. The Kier molecular flexibility index (Phi) is 5.93. The Bertz CT molecular complexity index is 737. The molecule has 132 valence electrons. The van der Waals surface area contributed by atoms with Crippen molar-refractivity contribution >= 4 is 44.9 Å². The normalized spacial score (nSPS) is 16.5. The van der Waals surface area contributed by atoms with E-state index in [2.05, 4.69) is 49.1 Å². The summed E-state index contributed by atoms with van der Waals surface area (Å²) in [4.78, 5) is 26.5. The summed E-state index contributed by atoms with van der Waals surface area (Å²) in [5, 5.41) is 2.81. The van der Waals surface area contributed by atoms with E-state index in [0.29, 0.717) is 17.3 Å². The van der Waals surface area contributed by atoms with Crippen molar-refractivity contribution in [2.75, 3.05) is 24.5 Å². The van der Waals surface area contributed by atoms with Crippen LogP contribution in [0.15, 0.2) is 46.3 Å². The van der Waals surface area contributed by atoms with Crippen LogP contribution in [-0.2, 0) is 0 Å². The molecule has 0 radical (unpaired) electrons. The van der Waals surface area contributed by atoms with Crippen LogP contribution in [0.2, 0.25) is 0 Å². The van der Waals surface area contributed by atoms with Crippen LogP contribution in [0.3, 0.4) is 0 Å². The Morgan fingerprint density at radius 1 is 1.16 bits per heavy atom. The van der Waals surface area contributed by atoms with Gasteiger partial charge in [0.25, 0.3) is 5.91 Å². The fourth-order valence-electron chi connectivity index (χ4n) is 2.77. The number of carbonyl (C=O) groups is 2. The zero-order chi connectivity index (χ0) is 17.6. The minimum atomic E-state index is -0.401. The van der Waals surface area contributed by atoms with Crippen molar-refractivity contribution in [2.45, 2.75) is 6.42 Å². The number of thiophene rings is 1. The van der Waals surface area contributed by atoms with Gasteiger partial charge in [0.1, 0.15) is 0 Å². The molecule has 1 saturated heterocycles. The largest absolute Gasteiger partial charge is 0.371 e. The zero-order valence-electron chi connectivity index (χ0n) is 13.5. The lowest BCUT2D eigenvalue weighted by Crippen LogP contribution is -2.47. The molecule has 0 bridgehead atoms. The zero-order valence-corrected chi connectivity index (χ0v) is 15.9. The summed E-state index contributed by atoms with van der Waals surface area (Å²) in [7, 11) is 0. The summed E-state index contributed by atoms with van der Waals surface area (Å²) in [6.45, 7) is 2.48. The highest BCUT2D eigenvalue weighted by molar-refractivity contribution is 9.11. The van der Waals surface area contributed by atoms with Crippen molar-refractivity contribution in [2.24, 2.45) is 5.92 Å². The van der Waals surface area contributed by atoms with Crippen LogP contribution < -0.4 is 21.1 Å². The van der Waals surface area contributed by atoms with E-state index in [9.17, 15) is 9.59 Å². The maximum Gasteiger partial charge on any atom is 0.333 e. The lowest BCUT2D eigenvalue weighted by Gasteiger charge is -2.18. The summed E-state index contributed by atoms with van der Waals surface area (Å²) >= 11 is 4.61. The average molecular weight is 423 g/mol. The first-order chi connectivity index (χ1) is 12.1. The number of rotatable bonds is 4. The van der Waals surface area contributed by atoms with Gasteiger partial charge in [-0.25, -0.2) is 10.2 Å². The Morgan fingerprint density at radius 3 is 2.68 bits per heavy atom. The number of anilines is 1. The van der Waals surface area contributed by atoms with E-state index in [1.807, 2.05) is 18.2 Å². The maximum atomic E-state index is 11.9. The van der Waals surface area contributed by atoms with Crippen molar-refractivity contribution in [3.8, 4) is 0 Å². The molecule has 1 aliphatic heterocycles. The van der Waals surface area contributed by atoms with Crippen LogP contribution in [0, 0.1) is 5.92 Å². The second-order valence-electron chi connectivity index (χ2n) is 5.83. The van der Waals surface area contributed by atoms with Gasteiger partial charge < -0.3 is 10.2 Å². The van der Waals surface area contributed by atoms with Gasteiger partial charge >= 0.3 is 6.03 Å². The third kappa shape index (κ3) is 4.96. The molecule has 0 aliphatic carbocycles. The molecule has 1 fully saturated rings. The number of nitrogens with zero attached hydrogens (tertiary/aromatic N) is 1. The van der Waals surface area contributed by atoms with Gasteiger partial charge in [-0.3, -0.25) is 10.2 Å². The number of amides is 3. The molecule has 1 aromatic carbocycles. The molecule has 1 unspecified atom stereocenters. The minimum absolute atomic E-state index is 0.332. The Labute approximate surface area is 158 Å². The number of carbonyl (C=O) groups excluding carboxylic acids is 2. The van der Waals surface area contributed by atoms with Gasteiger partial charge in [0, 0.05) is 25.3 Å². The van der Waals surface area contributed by atoms with Gasteiger partial charge in [0.2, 0.25) is 0 Å². The molecule has 3 amide bonds. The number of benzene rings is 1. The van der Waals surface area contributed by atoms with Gasteiger partial charge in [-0.1, -0.05) is 18.2 Å². The number of urea groups is 1. The molecule has 1 atom stereocenters. The molecule has 25 heavy (non-hydrogen) atoms. The minimum Gasteiger partial charge on any atom is -0.371 e. The molecule has 6 nitrogen and oxygen atoms in total. The molecule has 0 saturated carbocycles. The first kappa shape index (κ1) is 17.8. The highest BCUT2D eigenvalue weighted by atomic mass is 79.9. The topological polar surface area (TPSA) is 73.5 Å². The van der Waals surface area contributed by atoms with Crippen molar-refractivity contribution in [3.63, 3.8) is 0 Å². The molecule has 8 heteroatoms. The second kappa shape index (κ2) is 8.35. The van der Waals surface area contributed by atoms with Gasteiger partial charge in [-0.15, -0.1) is 11.3 Å². The molecule has 2 heterocycles. The van der Waals surface area contributed by atoms with E-state index >= 15 is 0 Å². The van der Waals surface area contributed by atoms with Crippen LogP contribution in [-0.4, -0.2) is 31.6 Å². The van der Waals surface area contributed by atoms with Crippen LogP contribution in [0.25, 0.3) is 0 Å². The van der Waals surface area contributed by atoms with E-state index in [0.717, 1.165) is 23.3 Å². The molecule has 2 aromatic rings. The average Bonchev–Trinajstić information content (AvgIpc) is 3.28. The number of halogens is 1. The Balaban J connectivity index is 1.37. The SMILES string of the molecule is O=C(NCC1CCN(c2ccccc2)C1)NNC(=O)c1ccc(Br)s1. The predicted octanol–water partition coefficient (Wildman–Crippen LogP) is 2.98. The summed E-state index contributed by atoms with van der Waals surface area (Å²) in [6.07, 6.45) is 1.03. The summed E-state index contributed by atoms with van der Waals surface area (Å²) in [5.41, 5.74) is 6.00. The van der Waals surface area contributed by atoms with Gasteiger partial charge in [0.15, 0.2) is 0 Å². The molecule has 1 aromatic heterocycles. The molecule has 1 aliphatic rings. The van der Waals surface area contributed by atoms with Crippen molar-refractivity contribution in [3.05, 3.63) is 51.1 Å². The lowest BCUT2D eigenvalue weighted by molar-refractivity contribution is 0.0940. The molecular formula is C17H19BrN4O2S. The number of nitrogens with one attached hydrogen (secondary N) is 3. The lowest BCUT2D eigenvalue weighted by atomic mass is 10.1. The maximum absolute atomic E-state index is 11.9. The predicted molar refractivity (Wildman–Crippen MR) is 103 cm³/mol. The molecule has 3 rings (SSSR count). The first-order valence-electron chi connectivity index (χ1n) is 8.01. The highest BCUT2D eigenvalue weighted by Crippen LogP contribution is 2.23. The number of hydrogen-bond donors (Lipinski definition) is 3. The van der Waals surface area contributed by atoms with E-state index in [1.165, 1.54) is 17.0 Å². The third-order valence-corrected chi connectivity index (χ3v) is 5.67. The van der Waals surface area contributed by atoms with Crippen LogP contribution >= 0.6 is 27.3 Å². The monoisotopic (exact) mass is 422 g/mol. The summed E-state index contributed by atoms with van der Waals surface area (Å²) < 4.78 is 0.867. The van der Waals surface area contributed by atoms with Crippen LogP contribution in [0.4, 0.5) is 10.5 Å². The Morgan fingerprint density at radius 2 is 1.96 bits per heavy atom. The van der Waals surface area contributed by atoms with Gasteiger partial charge in [-0.2, -0.15) is 0 Å². The third-order valence-electron chi connectivity index (χ3n) is 4.05. The van der Waals surface area contributed by atoms with Crippen LogP contribution in [0.1, 0.15) is 16.1 Å². The molecule has 3 N–H and O–H groups in total. The number of hydrogen-bond acceptors (Lipinski definition) is 4. The van der Waals surface area contributed by atoms with Gasteiger partial charge in [-0.05, 0) is 52.5 Å². The van der Waals surface area contributed by atoms with E-state index in [-0.39, 0.29) is 5.91 Å². The van der Waals surface area contributed by atoms with Crippen molar-refractivity contribution in [1.29, 1.82) is 0 Å². The van der Waals surface area contributed by atoms with E-state index in [1.54, 1.807) is 12.1 Å². The molecular weight excluding hydrogens is 404 g/mol. The second-order valence-corrected chi connectivity index (χ2v) is 8.29.